The van der Waals surface area contributed by atoms with Crippen molar-refractivity contribution in [1.29, 1.82) is 0 Å². The normalized spacial score (nSPS) is 17.4. The molecule has 0 atom stereocenters. The van der Waals surface area contributed by atoms with Crippen LogP contribution in [0.15, 0.2) is 23.1 Å². The minimum atomic E-state index is -3.58. The largest absolute Gasteiger partial charge is 0.396 e. The van der Waals surface area contributed by atoms with Gasteiger partial charge in [0.2, 0.25) is 10.0 Å². The number of hydrogen-bond donors (Lipinski definition) is 2. The number of sulfonamides is 1. The van der Waals surface area contributed by atoms with Crippen LogP contribution in [-0.2, 0) is 10.0 Å². The average molecular weight is 304 g/mol. The number of nitrogens with one attached hydrogen (secondary N) is 1. The lowest BCUT2D eigenvalue weighted by Crippen LogP contribution is -2.31. The third-order valence-corrected chi connectivity index (χ3v) is 5.50. The molecular weight excluding hydrogens is 286 g/mol. The number of hydrogen-bond acceptors (Lipinski definition) is 3. The van der Waals surface area contributed by atoms with Gasteiger partial charge >= 0.3 is 0 Å². The Morgan fingerprint density at radius 2 is 2.11 bits per heavy atom. The van der Waals surface area contributed by atoms with E-state index in [9.17, 15) is 8.42 Å². The Labute approximate surface area is 118 Å². The summed E-state index contributed by atoms with van der Waals surface area (Å²) in [5.74, 6) is 0. The molecule has 0 heterocycles. The van der Waals surface area contributed by atoms with Crippen LogP contribution in [0, 0.1) is 12.3 Å². The highest BCUT2D eigenvalue weighted by molar-refractivity contribution is 7.89. The van der Waals surface area contributed by atoms with Crippen molar-refractivity contribution in [3.8, 4) is 0 Å². The first kappa shape index (κ1) is 14.8. The van der Waals surface area contributed by atoms with Crippen molar-refractivity contribution in [2.45, 2.75) is 31.1 Å². The summed E-state index contributed by atoms with van der Waals surface area (Å²) in [6.45, 7) is 2.31. The maximum absolute atomic E-state index is 12.2. The van der Waals surface area contributed by atoms with Gasteiger partial charge in [-0.25, -0.2) is 13.1 Å². The third kappa shape index (κ3) is 3.48. The number of aliphatic hydroxyl groups is 1. The third-order valence-electron chi connectivity index (χ3n) is 3.61. The molecular formula is C13H18ClNO3S. The monoisotopic (exact) mass is 303 g/mol. The highest BCUT2D eigenvalue weighted by Gasteiger charge is 2.42. The highest BCUT2D eigenvalue weighted by Crippen LogP contribution is 2.48. The van der Waals surface area contributed by atoms with Crippen LogP contribution in [0.2, 0.25) is 5.02 Å². The summed E-state index contributed by atoms with van der Waals surface area (Å²) in [6.07, 6.45) is 2.55. The second kappa shape index (κ2) is 5.40. The maximum Gasteiger partial charge on any atom is 0.242 e. The van der Waals surface area contributed by atoms with Crippen molar-refractivity contribution in [1.82, 2.24) is 4.72 Å². The average Bonchev–Trinajstić information content (AvgIpc) is 3.07. The summed E-state index contributed by atoms with van der Waals surface area (Å²) in [7, 11) is -3.58. The number of aliphatic hydroxyl groups excluding tert-OH is 1. The van der Waals surface area contributed by atoms with Gasteiger partial charge in [-0.2, -0.15) is 0 Å². The Balaban J connectivity index is 2.10. The van der Waals surface area contributed by atoms with E-state index < -0.39 is 10.0 Å². The summed E-state index contributed by atoms with van der Waals surface area (Å²) in [5.41, 5.74) is 0.863. The molecule has 1 saturated carbocycles. The number of aryl methyl sites for hydroxylation is 1. The van der Waals surface area contributed by atoms with Crippen molar-refractivity contribution in [2.24, 2.45) is 5.41 Å². The van der Waals surface area contributed by atoms with E-state index in [1.165, 1.54) is 6.07 Å². The Morgan fingerprint density at radius 3 is 2.63 bits per heavy atom. The van der Waals surface area contributed by atoms with Gasteiger partial charge < -0.3 is 5.11 Å². The van der Waals surface area contributed by atoms with Crippen LogP contribution >= 0.6 is 11.6 Å². The lowest BCUT2D eigenvalue weighted by Gasteiger charge is -2.15. The van der Waals surface area contributed by atoms with Crippen molar-refractivity contribution < 1.29 is 13.5 Å². The number of rotatable bonds is 6. The maximum atomic E-state index is 12.2. The van der Waals surface area contributed by atoms with E-state index in [1.807, 2.05) is 6.92 Å². The second-order valence-electron chi connectivity index (χ2n) is 5.23. The summed E-state index contributed by atoms with van der Waals surface area (Å²) in [5, 5.41) is 9.20. The van der Waals surface area contributed by atoms with Gasteiger partial charge in [0.25, 0.3) is 0 Å². The van der Waals surface area contributed by atoms with Crippen LogP contribution in [-0.4, -0.2) is 26.7 Å². The Bertz CT molecular complexity index is 567. The molecule has 19 heavy (non-hydrogen) atoms. The Morgan fingerprint density at radius 1 is 1.42 bits per heavy atom. The molecule has 1 fully saturated rings. The van der Waals surface area contributed by atoms with Gasteiger partial charge in [-0.05, 0) is 49.3 Å². The molecule has 0 radical (unpaired) electrons. The second-order valence-corrected chi connectivity index (χ2v) is 7.37. The molecule has 1 aromatic carbocycles. The summed E-state index contributed by atoms with van der Waals surface area (Å²) < 4.78 is 27.0. The molecule has 1 aromatic rings. The van der Waals surface area contributed by atoms with Gasteiger partial charge in [0, 0.05) is 13.2 Å². The van der Waals surface area contributed by atoms with Crippen molar-refractivity contribution in [3.63, 3.8) is 0 Å². The van der Waals surface area contributed by atoms with Gasteiger partial charge in [-0.1, -0.05) is 17.7 Å². The molecule has 0 spiro atoms. The molecule has 1 aliphatic carbocycles. The molecule has 0 saturated heterocycles. The fraction of sp³-hybridized carbons (Fsp3) is 0.538. The van der Waals surface area contributed by atoms with Crippen LogP contribution in [0.1, 0.15) is 24.8 Å². The molecule has 0 aliphatic heterocycles. The van der Waals surface area contributed by atoms with Crippen LogP contribution in [0.4, 0.5) is 0 Å². The van der Waals surface area contributed by atoms with E-state index in [1.54, 1.807) is 12.1 Å². The first-order chi connectivity index (χ1) is 8.88. The summed E-state index contributed by atoms with van der Waals surface area (Å²) in [6, 6.07) is 4.88. The van der Waals surface area contributed by atoms with Crippen LogP contribution < -0.4 is 4.72 Å². The molecule has 6 heteroatoms. The van der Waals surface area contributed by atoms with E-state index in [4.69, 9.17) is 16.7 Å². The summed E-state index contributed by atoms with van der Waals surface area (Å²) >= 11 is 5.98. The van der Waals surface area contributed by atoms with E-state index >= 15 is 0 Å². The Kier molecular flexibility index (Phi) is 4.20. The van der Waals surface area contributed by atoms with Crippen LogP contribution in [0.5, 0.6) is 0 Å². The molecule has 4 nitrogen and oxygen atoms in total. The molecule has 0 aromatic heterocycles. The van der Waals surface area contributed by atoms with Crippen LogP contribution in [0.3, 0.4) is 0 Å². The Hall–Kier alpha value is -0.620. The van der Waals surface area contributed by atoms with E-state index in [0.29, 0.717) is 13.0 Å². The van der Waals surface area contributed by atoms with E-state index in [2.05, 4.69) is 4.72 Å². The van der Waals surface area contributed by atoms with Gasteiger partial charge in [0.15, 0.2) is 0 Å². The zero-order chi connectivity index (χ0) is 14.1. The molecule has 0 unspecified atom stereocenters. The van der Waals surface area contributed by atoms with Gasteiger partial charge in [-0.15, -0.1) is 0 Å². The van der Waals surface area contributed by atoms with E-state index in [-0.39, 0.29) is 21.9 Å². The number of benzene rings is 1. The smallest absolute Gasteiger partial charge is 0.242 e. The number of halogens is 1. The summed E-state index contributed by atoms with van der Waals surface area (Å²) in [4.78, 5) is 0.111. The first-order valence-corrected chi connectivity index (χ1v) is 8.11. The van der Waals surface area contributed by atoms with Crippen molar-refractivity contribution in [2.75, 3.05) is 13.2 Å². The fourth-order valence-corrected chi connectivity index (χ4v) is 3.83. The highest BCUT2D eigenvalue weighted by atomic mass is 35.5. The van der Waals surface area contributed by atoms with Gasteiger partial charge in [0.1, 0.15) is 4.90 Å². The quantitative estimate of drug-likeness (QED) is 0.845. The lowest BCUT2D eigenvalue weighted by atomic mass is 10.0. The first-order valence-electron chi connectivity index (χ1n) is 6.25. The van der Waals surface area contributed by atoms with Gasteiger partial charge in [0.05, 0.1) is 5.02 Å². The SMILES string of the molecule is Cc1ccc(S(=O)(=O)NCC2(CCO)CC2)c(Cl)c1. The van der Waals surface area contributed by atoms with Crippen molar-refractivity contribution >= 4 is 21.6 Å². The molecule has 1 aliphatic rings. The molecule has 2 rings (SSSR count). The molecule has 0 amide bonds. The predicted octanol–water partition coefficient (Wildman–Crippen LogP) is 2.09. The molecule has 0 bridgehead atoms. The van der Waals surface area contributed by atoms with Crippen molar-refractivity contribution in [3.05, 3.63) is 28.8 Å². The van der Waals surface area contributed by atoms with Crippen LogP contribution in [0.25, 0.3) is 0 Å². The van der Waals surface area contributed by atoms with Gasteiger partial charge in [-0.3, -0.25) is 0 Å². The fourth-order valence-electron chi connectivity index (χ4n) is 2.08. The lowest BCUT2D eigenvalue weighted by molar-refractivity contribution is 0.249. The zero-order valence-electron chi connectivity index (χ0n) is 10.8. The predicted molar refractivity (Wildman–Crippen MR) is 74.7 cm³/mol. The minimum Gasteiger partial charge on any atom is -0.396 e. The van der Waals surface area contributed by atoms with E-state index in [0.717, 1.165) is 18.4 Å². The zero-order valence-corrected chi connectivity index (χ0v) is 12.4. The molecule has 106 valence electrons. The topological polar surface area (TPSA) is 66.4 Å². The minimum absolute atomic E-state index is 0.0566. The molecule has 2 N–H and O–H groups in total. The standard InChI is InChI=1S/C13H18ClNO3S/c1-10-2-3-12(11(14)8-10)19(17,18)15-9-13(4-5-13)6-7-16/h2-3,8,15-16H,4-7,9H2,1H3.